The summed E-state index contributed by atoms with van der Waals surface area (Å²) in [6, 6.07) is 6.73. The molecule has 3 N–H and O–H groups in total. The SMILES string of the molecule is CCNS(=O)(=O)c1ccccc1OC1CC(CN)C1. The Balaban J connectivity index is 2.13. The van der Waals surface area contributed by atoms with Gasteiger partial charge >= 0.3 is 0 Å². The van der Waals surface area contributed by atoms with Crippen molar-refractivity contribution in [1.82, 2.24) is 4.72 Å². The standard InChI is InChI=1S/C13H20N2O3S/c1-2-15-19(16,17)13-6-4-3-5-12(13)18-11-7-10(8-11)9-14/h3-6,10-11,15H,2,7-9,14H2,1H3. The number of hydrogen-bond donors (Lipinski definition) is 2. The number of rotatable bonds is 6. The summed E-state index contributed by atoms with van der Waals surface area (Å²) in [4.78, 5) is 0.202. The minimum absolute atomic E-state index is 0.0755. The molecule has 0 heterocycles. The third kappa shape index (κ3) is 3.26. The first-order valence-electron chi connectivity index (χ1n) is 6.52. The Bertz CT molecular complexity index is 524. The van der Waals surface area contributed by atoms with Gasteiger partial charge in [0.2, 0.25) is 10.0 Å². The van der Waals surface area contributed by atoms with Crippen LogP contribution < -0.4 is 15.2 Å². The van der Waals surface area contributed by atoms with Crippen molar-refractivity contribution in [1.29, 1.82) is 0 Å². The van der Waals surface area contributed by atoms with Crippen LogP contribution in [0.1, 0.15) is 19.8 Å². The molecule has 0 atom stereocenters. The number of benzene rings is 1. The summed E-state index contributed by atoms with van der Waals surface area (Å²) in [6.45, 7) is 2.77. The molecular formula is C13H20N2O3S. The molecule has 5 nitrogen and oxygen atoms in total. The normalized spacial score (nSPS) is 22.8. The first-order chi connectivity index (χ1) is 9.06. The smallest absolute Gasteiger partial charge is 0.244 e. The summed E-state index contributed by atoms with van der Waals surface area (Å²) < 4.78 is 32.4. The fourth-order valence-corrected chi connectivity index (χ4v) is 3.35. The largest absolute Gasteiger partial charge is 0.489 e. The van der Waals surface area contributed by atoms with E-state index < -0.39 is 10.0 Å². The highest BCUT2D eigenvalue weighted by molar-refractivity contribution is 7.89. The van der Waals surface area contributed by atoms with E-state index in [1.807, 2.05) is 0 Å². The van der Waals surface area contributed by atoms with Gasteiger partial charge in [-0.2, -0.15) is 0 Å². The Morgan fingerprint density at radius 3 is 2.68 bits per heavy atom. The van der Waals surface area contributed by atoms with E-state index in [-0.39, 0.29) is 11.0 Å². The van der Waals surface area contributed by atoms with Crippen LogP contribution in [0.4, 0.5) is 0 Å². The van der Waals surface area contributed by atoms with Gasteiger partial charge < -0.3 is 10.5 Å². The summed E-state index contributed by atoms with van der Waals surface area (Å²) in [5.41, 5.74) is 5.57. The molecule has 1 aromatic carbocycles. The molecule has 0 spiro atoms. The molecule has 1 saturated carbocycles. The van der Waals surface area contributed by atoms with Crippen LogP contribution >= 0.6 is 0 Å². The van der Waals surface area contributed by atoms with Crippen LogP contribution in [0.5, 0.6) is 5.75 Å². The van der Waals surface area contributed by atoms with Gasteiger partial charge in [-0.1, -0.05) is 19.1 Å². The Hall–Kier alpha value is -1.11. The van der Waals surface area contributed by atoms with E-state index in [9.17, 15) is 8.42 Å². The molecule has 106 valence electrons. The summed E-state index contributed by atoms with van der Waals surface area (Å²) in [6.07, 6.45) is 1.87. The van der Waals surface area contributed by atoms with E-state index >= 15 is 0 Å². The third-order valence-corrected chi connectivity index (χ3v) is 4.88. The van der Waals surface area contributed by atoms with Crippen LogP contribution in [0.2, 0.25) is 0 Å². The van der Waals surface area contributed by atoms with E-state index in [1.54, 1.807) is 31.2 Å². The van der Waals surface area contributed by atoms with Crippen molar-refractivity contribution in [2.45, 2.75) is 30.8 Å². The zero-order valence-electron chi connectivity index (χ0n) is 11.0. The molecule has 0 radical (unpaired) electrons. The van der Waals surface area contributed by atoms with E-state index in [0.29, 0.717) is 24.8 Å². The quantitative estimate of drug-likeness (QED) is 0.819. The lowest BCUT2D eigenvalue weighted by molar-refractivity contribution is 0.0664. The molecule has 6 heteroatoms. The van der Waals surface area contributed by atoms with Crippen LogP contribution in [0.3, 0.4) is 0 Å². The molecule has 1 fully saturated rings. The molecule has 0 unspecified atom stereocenters. The van der Waals surface area contributed by atoms with E-state index in [0.717, 1.165) is 12.8 Å². The van der Waals surface area contributed by atoms with Gasteiger partial charge in [-0.3, -0.25) is 0 Å². The van der Waals surface area contributed by atoms with Crippen molar-refractivity contribution in [3.8, 4) is 5.75 Å². The Labute approximate surface area is 114 Å². The van der Waals surface area contributed by atoms with Gasteiger partial charge in [-0.05, 0) is 37.4 Å². The summed E-state index contributed by atoms with van der Waals surface area (Å²) in [5.74, 6) is 0.923. The maximum atomic E-state index is 12.1. The maximum absolute atomic E-state index is 12.1. The molecule has 2 rings (SSSR count). The molecule has 1 aliphatic rings. The highest BCUT2D eigenvalue weighted by Gasteiger charge is 2.31. The van der Waals surface area contributed by atoms with Crippen LogP contribution in [0, 0.1) is 5.92 Å². The van der Waals surface area contributed by atoms with Gasteiger partial charge in [-0.25, -0.2) is 13.1 Å². The average Bonchev–Trinajstić information content (AvgIpc) is 2.33. The van der Waals surface area contributed by atoms with Crippen LogP contribution in [0.25, 0.3) is 0 Å². The fourth-order valence-electron chi connectivity index (χ4n) is 2.18. The average molecular weight is 284 g/mol. The molecule has 0 aliphatic heterocycles. The van der Waals surface area contributed by atoms with Crippen molar-refractivity contribution >= 4 is 10.0 Å². The molecule has 1 aromatic rings. The van der Waals surface area contributed by atoms with Gasteiger partial charge in [0.05, 0.1) is 6.10 Å². The molecule has 0 saturated heterocycles. The Morgan fingerprint density at radius 1 is 1.37 bits per heavy atom. The van der Waals surface area contributed by atoms with Gasteiger partial charge in [0.25, 0.3) is 0 Å². The number of hydrogen-bond acceptors (Lipinski definition) is 4. The maximum Gasteiger partial charge on any atom is 0.244 e. The second-order valence-electron chi connectivity index (χ2n) is 4.76. The summed E-state index contributed by atoms with van der Waals surface area (Å²) in [5, 5.41) is 0. The molecule has 1 aliphatic carbocycles. The molecule has 0 aromatic heterocycles. The third-order valence-electron chi connectivity index (χ3n) is 3.29. The Kier molecular flexibility index (Phi) is 4.44. The van der Waals surface area contributed by atoms with E-state index in [1.165, 1.54) is 0 Å². The number of sulfonamides is 1. The summed E-state index contributed by atoms with van der Waals surface area (Å²) >= 11 is 0. The number of nitrogens with one attached hydrogen (secondary N) is 1. The molecule has 0 bridgehead atoms. The molecule has 0 amide bonds. The van der Waals surface area contributed by atoms with Gasteiger partial charge in [0.1, 0.15) is 10.6 Å². The van der Waals surface area contributed by atoms with E-state index in [2.05, 4.69) is 4.72 Å². The van der Waals surface area contributed by atoms with Crippen molar-refractivity contribution < 1.29 is 13.2 Å². The molecule has 19 heavy (non-hydrogen) atoms. The van der Waals surface area contributed by atoms with Crippen molar-refractivity contribution in [2.75, 3.05) is 13.1 Å². The second kappa shape index (κ2) is 5.90. The van der Waals surface area contributed by atoms with Gasteiger partial charge in [-0.15, -0.1) is 0 Å². The van der Waals surface area contributed by atoms with Crippen LogP contribution in [-0.2, 0) is 10.0 Å². The minimum Gasteiger partial charge on any atom is -0.489 e. The van der Waals surface area contributed by atoms with Crippen molar-refractivity contribution in [2.24, 2.45) is 11.7 Å². The van der Waals surface area contributed by atoms with E-state index in [4.69, 9.17) is 10.5 Å². The lowest BCUT2D eigenvalue weighted by Crippen LogP contribution is -2.38. The monoisotopic (exact) mass is 284 g/mol. The number of para-hydroxylation sites is 1. The van der Waals surface area contributed by atoms with Crippen molar-refractivity contribution in [3.05, 3.63) is 24.3 Å². The lowest BCUT2D eigenvalue weighted by atomic mass is 9.82. The highest BCUT2D eigenvalue weighted by Crippen LogP contribution is 2.33. The molecular weight excluding hydrogens is 264 g/mol. The Morgan fingerprint density at radius 2 is 2.05 bits per heavy atom. The van der Waals surface area contributed by atoms with Gasteiger partial charge in [0, 0.05) is 6.54 Å². The number of nitrogens with two attached hydrogens (primary N) is 1. The zero-order chi connectivity index (χ0) is 13.9. The first-order valence-corrected chi connectivity index (χ1v) is 8.00. The minimum atomic E-state index is -3.49. The summed E-state index contributed by atoms with van der Waals surface area (Å²) in [7, 11) is -3.49. The first kappa shape index (κ1) is 14.3. The van der Waals surface area contributed by atoms with Crippen molar-refractivity contribution in [3.63, 3.8) is 0 Å². The second-order valence-corrected chi connectivity index (χ2v) is 6.50. The topological polar surface area (TPSA) is 81.4 Å². The van der Waals surface area contributed by atoms with Crippen LogP contribution in [-0.4, -0.2) is 27.6 Å². The fraction of sp³-hybridized carbons (Fsp3) is 0.538. The van der Waals surface area contributed by atoms with Crippen LogP contribution in [0.15, 0.2) is 29.2 Å². The highest BCUT2D eigenvalue weighted by atomic mass is 32.2. The lowest BCUT2D eigenvalue weighted by Gasteiger charge is -2.34. The zero-order valence-corrected chi connectivity index (χ0v) is 11.8. The van der Waals surface area contributed by atoms with Gasteiger partial charge in [0.15, 0.2) is 0 Å². The number of ether oxygens (including phenoxy) is 1. The predicted octanol–water partition coefficient (Wildman–Crippen LogP) is 1.10. The predicted molar refractivity (Wildman–Crippen MR) is 73.5 cm³/mol.